The number of fused-ring (bicyclic) bond motifs is 12. The fourth-order valence-corrected chi connectivity index (χ4v) is 10.4. The summed E-state index contributed by atoms with van der Waals surface area (Å²) in [5.74, 6) is 0. The number of para-hydroxylation sites is 3. The average Bonchev–Trinajstić information content (AvgIpc) is 3.86. The van der Waals surface area contributed by atoms with Gasteiger partial charge >= 0.3 is 0 Å². The van der Waals surface area contributed by atoms with Crippen LogP contribution in [0.3, 0.4) is 0 Å². The van der Waals surface area contributed by atoms with Gasteiger partial charge in [0.15, 0.2) is 0 Å². The molecule has 0 bridgehead atoms. The molecular formula is C61H40N2. The first-order chi connectivity index (χ1) is 31.1. The van der Waals surface area contributed by atoms with Gasteiger partial charge < -0.3 is 9.13 Å². The van der Waals surface area contributed by atoms with Crippen LogP contribution in [0.2, 0.25) is 0 Å². The molecule has 0 atom stereocenters. The molecule has 2 heteroatoms. The summed E-state index contributed by atoms with van der Waals surface area (Å²) < 4.78 is 4.82. The summed E-state index contributed by atoms with van der Waals surface area (Å²) in [5, 5.41) is 12.8. The van der Waals surface area contributed by atoms with Crippen LogP contribution in [-0.4, -0.2) is 9.13 Å². The maximum absolute atomic E-state index is 2.44. The van der Waals surface area contributed by atoms with E-state index in [4.69, 9.17) is 0 Å². The topological polar surface area (TPSA) is 9.86 Å². The van der Waals surface area contributed by atoms with Crippen LogP contribution in [0.15, 0.2) is 224 Å². The molecule has 2 nitrogen and oxygen atoms in total. The van der Waals surface area contributed by atoms with Crippen molar-refractivity contribution in [1.82, 2.24) is 9.13 Å². The Morgan fingerprint density at radius 2 is 0.603 bits per heavy atom. The molecule has 0 saturated heterocycles. The third kappa shape index (κ3) is 5.58. The lowest BCUT2D eigenvalue weighted by atomic mass is 9.91. The second kappa shape index (κ2) is 13.9. The van der Waals surface area contributed by atoms with Crippen LogP contribution in [-0.2, 0) is 0 Å². The van der Waals surface area contributed by atoms with Crippen LogP contribution in [0.1, 0.15) is 5.56 Å². The van der Waals surface area contributed by atoms with Crippen molar-refractivity contribution in [3.63, 3.8) is 0 Å². The number of rotatable bonds is 5. The van der Waals surface area contributed by atoms with Gasteiger partial charge in [0.05, 0.1) is 22.1 Å². The van der Waals surface area contributed by atoms with Gasteiger partial charge in [0.1, 0.15) is 0 Å². The minimum Gasteiger partial charge on any atom is -0.309 e. The zero-order valence-corrected chi connectivity index (χ0v) is 34.8. The van der Waals surface area contributed by atoms with E-state index >= 15 is 0 Å². The van der Waals surface area contributed by atoms with Gasteiger partial charge in [-0.1, -0.05) is 158 Å². The lowest BCUT2D eigenvalue weighted by molar-refractivity contribution is 1.17. The largest absolute Gasteiger partial charge is 0.309 e. The van der Waals surface area contributed by atoms with Crippen molar-refractivity contribution in [2.75, 3.05) is 0 Å². The number of benzene rings is 11. The molecule has 0 aliphatic carbocycles. The van der Waals surface area contributed by atoms with Gasteiger partial charge in [0.25, 0.3) is 0 Å². The van der Waals surface area contributed by atoms with E-state index in [0.717, 1.165) is 5.69 Å². The van der Waals surface area contributed by atoms with E-state index in [9.17, 15) is 0 Å². The van der Waals surface area contributed by atoms with Crippen molar-refractivity contribution in [3.05, 3.63) is 230 Å². The number of nitrogens with zero attached hydrogens (tertiary/aromatic N) is 2. The highest BCUT2D eigenvalue weighted by molar-refractivity contribution is 6.25. The molecule has 13 rings (SSSR count). The average molecular weight is 801 g/mol. The normalized spacial score (nSPS) is 11.9. The van der Waals surface area contributed by atoms with Crippen LogP contribution >= 0.6 is 0 Å². The van der Waals surface area contributed by atoms with Gasteiger partial charge in [-0.15, -0.1) is 0 Å². The Labute approximate surface area is 365 Å². The highest BCUT2D eigenvalue weighted by Crippen LogP contribution is 2.41. The van der Waals surface area contributed by atoms with Crippen LogP contribution in [0.25, 0.3) is 121 Å². The van der Waals surface area contributed by atoms with Gasteiger partial charge in [0.2, 0.25) is 0 Å². The molecule has 63 heavy (non-hydrogen) atoms. The molecular weight excluding hydrogens is 761 g/mol. The van der Waals surface area contributed by atoms with Crippen molar-refractivity contribution < 1.29 is 0 Å². The molecule has 2 heterocycles. The summed E-state index contributed by atoms with van der Waals surface area (Å²) >= 11 is 0. The Balaban J connectivity index is 0.887. The second-order valence-electron chi connectivity index (χ2n) is 17.0. The number of hydrogen-bond acceptors (Lipinski definition) is 0. The summed E-state index contributed by atoms with van der Waals surface area (Å²) in [6.07, 6.45) is 0. The number of hydrogen-bond donors (Lipinski definition) is 0. The zero-order chi connectivity index (χ0) is 41.6. The summed E-state index contributed by atoms with van der Waals surface area (Å²) in [6.45, 7) is 2.21. The third-order valence-electron chi connectivity index (χ3n) is 13.3. The van der Waals surface area contributed by atoms with E-state index in [2.05, 4.69) is 241 Å². The molecule has 0 aliphatic rings. The van der Waals surface area contributed by atoms with E-state index in [1.165, 1.54) is 121 Å². The minimum atomic E-state index is 1.16. The Morgan fingerprint density at radius 1 is 0.222 bits per heavy atom. The lowest BCUT2D eigenvalue weighted by Gasteiger charge is -2.14. The lowest BCUT2D eigenvalue weighted by Crippen LogP contribution is -1.96. The van der Waals surface area contributed by atoms with Gasteiger partial charge in [-0.3, -0.25) is 0 Å². The van der Waals surface area contributed by atoms with E-state index < -0.39 is 0 Å². The molecule has 0 saturated carbocycles. The highest BCUT2D eigenvalue weighted by Gasteiger charge is 2.17. The molecule has 0 aliphatic heterocycles. The highest BCUT2D eigenvalue weighted by atomic mass is 15.0. The van der Waals surface area contributed by atoms with Gasteiger partial charge in [-0.2, -0.15) is 0 Å². The fourth-order valence-electron chi connectivity index (χ4n) is 10.4. The maximum atomic E-state index is 2.44. The summed E-state index contributed by atoms with van der Waals surface area (Å²) in [7, 11) is 0. The number of aryl methyl sites for hydroxylation is 1. The van der Waals surface area contributed by atoms with Crippen molar-refractivity contribution in [3.8, 4) is 44.8 Å². The molecule has 0 amide bonds. The maximum Gasteiger partial charge on any atom is 0.0541 e. The Bertz CT molecular complexity index is 3920. The molecule has 0 spiro atoms. The van der Waals surface area contributed by atoms with Crippen molar-refractivity contribution >= 4 is 75.9 Å². The minimum absolute atomic E-state index is 1.16. The van der Waals surface area contributed by atoms with E-state index in [1.54, 1.807) is 0 Å². The molecule has 294 valence electrons. The number of aromatic nitrogens is 2. The third-order valence-corrected chi connectivity index (χ3v) is 13.3. The van der Waals surface area contributed by atoms with Crippen molar-refractivity contribution in [2.45, 2.75) is 6.92 Å². The molecule has 0 radical (unpaired) electrons. The molecule has 0 fully saturated rings. The van der Waals surface area contributed by atoms with E-state index in [1.807, 2.05) is 0 Å². The Morgan fingerprint density at radius 3 is 1.17 bits per heavy atom. The summed E-state index contributed by atoms with van der Waals surface area (Å²) in [6, 6.07) is 82.8. The van der Waals surface area contributed by atoms with Gasteiger partial charge in [-0.25, -0.2) is 0 Å². The van der Waals surface area contributed by atoms with E-state index in [-0.39, 0.29) is 0 Å². The van der Waals surface area contributed by atoms with Crippen molar-refractivity contribution in [1.29, 1.82) is 0 Å². The first kappa shape index (κ1) is 35.5. The molecule has 13 aromatic rings. The predicted molar refractivity (Wildman–Crippen MR) is 269 cm³/mol. The Kier molecular flexibility index (Phi) is 7.85. The van der Waals surface area contributed by atoms with Gasteiger partial charge in [-0.05, 0) is 145 Å². The van der Waals surface area contributed by atoms with Crippen molar-refractivity contribution in [2.24, 2.45) is 0 Å². The molecule has 0 unspecified atom stereocenters. The molecule has 2 aromatic heterocycles. The fraction of sp³-hybridized carbons (Fsp3) is 0.0164. The SMILES string of the molecule is Cc1cc(-c2ccc(-c3ccc4c5ccccc5c5ccccc5c4c3)cc2)cc(-n2c3ccccc3c3cc(-c4ccc5c(c4)c4ccccc4n5-c4ccccc4)ccc32)c1. The second-order valence-corrected chi connectivity index (χ2v) is 17.0. The summed E-state index contributed by atoms with van der Waals surface area (Å²) in [5.41, 5.74) is 15.7. The van der Waals surface area contributed by atoms with Crippen LogP contribution in [0.4, 0.5) is 0 Å². The first-order valence-electron chi connectivity index (χ1n) is 21.8. The zero-order valence-electron chi connectivity index (χ0n) is 34.8. The van der Waals surface area contributed by atoms with Crippen LogP contribution in [0, 0.1) is 6.92 Å². The van der Waals surface area contributed by atoms with Gasteiger partial charge in [0, 0.05) is 32.9 Å². The summed E-state index contributed by atoms with van der Waals surface area (Å²) in [4.78, 5) is 0. The molecule has 11 aromatic carbocycles. The molecule has 0 N–H and O–H groups in total. The standard InChI is InChI=1S/C61H40N2/c1-39-33-45(41-25-23-40(24-26-41)42-27-30-52-50-17-6-5-15-48(50)49-16-7-8-18-51(49)55(52)36-42)35-47(34-39)63-59-22-12-10-20-54(59)57-38-44(29-32-61(57)63)43-28-31-60-56(37-43)53-19-9-11-21-58(53)62(60)46-13-3-2-4-14-46/h2-38H,1H3. The predicted octanol–water partition coefficient (Wildman–Crippen LogP) is 16.6. The van der Waals surface area contributed by atoms with E-state index in [0.29, 0.717) is 0 Å². The van der Waals surface area contributed by atoms with Crippen LogP contribution < -0.4 is 0 Å². The first-order valence-corrected chi connectivity index (χ1v) is 21.8. The smallest absolute Gasteiger partial charge is 0.0541 e. The monoisotopic (exact) mass is 800 g/mol. The quantitative estimate of drug-likeness (QED) is 0.153. The van der Waals surface area contributed by atoms with Crippen LogP contribution in [0.5, 0.6) is 0 Å². The Hall–Kier alpha value is -8.20.